The minimum absolute atomic E-state index is 0.140. The van der Waals surface area contributed by atoms with Crippen molar-refractivity contribution in [1.29, 1.82) is 5.41 Å². The Balaban J connectivity index is 1.69. The predicted molar refractivity (Wildman–Crippen MR) is 134 cm³/mol. The number of hydrogen-bond donors (Lipinski definition) is 2. The molecule has 3 aliphatic rings. The first-order valence-electron chi connectivity index (χ1n) is 11.6. The molecule has 34 heavy (non-hydrogen) atoms. The van der Waals surface area contributed by atoms with Crippen molar-refractivity contribution in [3.8, 4) is 0 Å². The second kappa shape index (κ2) is 8.17. The van der Waals surface area contributed by atoms with E-state index in [4.69, 9.17) is 5.41 Å². The maximum Gasteiger partial charge on any atom is 0.262 e. The largest absolute Gasteiger partial charge is 0.349 e. The number of carbonyl (C=O) groups excluding carboxylic acids is 1. The molecular weight excluding hydrogens is 424 g/mol. The monoisotopic (exact) mass is 454 g/mol. The number of carbonyl (C=O) groups is 1. The molecule has 174 valence electrons. The standard InChI is InChI=1S/C27H30N6O/c1-16-6-8-20(9-7-16)26-25(30-22-12-13-29-32(22)5)23(24(28)19-10-11-19)27(34)33(26)21-14-17(2)18(3)31(4)15-21/h6-9,12-15,19,26,28,30H,3,10-11H2,1-2,4-5H3. The molecule has 7 heteroatoms. The van der Waals surface area contributed by atoms with Crippen molar-refractivity contribution in [1.82, 2.24) is 19.6 Å². The highest BCUT2D eigenvalue weighted by Gasteiger charge is 2.46. The molecule has 0 bridgehead atoms. The van der Waals surface area contributed by atoms with Gasteiger partial charge in [0.05, 0.1) is 23.2 Å². The molecule has 2 aromatic rings. The van der Waals surface area contributed by atoms with Gasteiger partial charge in [0.1, 0.15) is 11.9 Å². The molecule has 1 aliphatic carbocycles. The molecule has 1 fully saturated rings. The molecule has 0 saturated heterocycles. The van der Waals surface area contributed by atoms with Gasteiger partial charge in [-0.1, -0.05) is 36.4 Å². The van der Waals surface area contributed by atoms with E-state index in [0.29, 0.717) is 11.3 Å². The summed E-state index contributed by atoms with van der Waals surface area (Å²) in [6.07, 6.45) is 7.58. The van der Waals surface area contributed by atoms with E-state index in [0.717, 1.165) is 52.5 Å². The maximum absolute atomic E-state index is 14.1. The zero-order valence-corrected chi connectivity index (χ0v) is 20.1. The predicted octanol–water partition coefficient (Wildman–Crippen LogP) is 4.65. The van der Waals surface area contributed by atoms with Crippen LogP contribution in [0, 0.1) is 18.3 Å². The summed E-state index contributed by atoms with van der Waals surface area (Å²) in [4.78, 5) is 17.9. The van der Waals surface area contributed by atoms with Crippen LogP contribution in [0.25, 0.3) is 0 Å². The smallest absolute Gasteiger partial charge is 0.262 e. The minimum Gasteiger partial charge on any atom is -0.349 e. The highest BCUT2D eigenvalue weighted by Crippen LogP contribution is 2.45. The van der Waals surface area contributed by atoms with Gasteiger partial charge in [0.25, 0.3) is 5.91 Å². The number of hydrogen-bond acceptors (Lipinski definition) is 5. The van der Waals surface area contributed by atoms with Gasteiger partial charge in [0.2, 0.25) is 0 Å². The Bertz CT molecular complexity index is 1290. The van der Waals surface area contributed by atoms with Gasteiger partial charge in [-0.2, -0.15) is 5.10 Å². The second-order valence-electron chi connectivity index (χ2n) is 9.37. The van der Waals surface area contributed by atoms with Crippen LogP contribution in [0.2, 0.25) is 0 Å². The molecular formula is C27H30N6O. The van der Waals surface area contributed by atoms with E-state index in [1.54, 1.807) is 10.9 Å². The molecule has 0 spiro atoms. The number of nitrogens with zero attached hydrogens (tertiary/aromatic N) is 4. The van der Waals surface area contributed by atoms with Crippen molar-refractivity contribution < 1.29 is 4.79 Å². The van der Waals surface area contributed by atoms with Crippen LogP contribution in [-0.4, -0.2) is 38.2 Å². The summed E-state index contributed by atoms with van der Waals surface area (Å²) in [6, 6.07) is 9.75. The lowest BCUT2D eigenvalue weighted by Gasteiger charge is -2.33. The van der Waals surface area contributed by atoms with Crippen molar-refractivity contribution in [3.63, 3.8) is 0 Å². The van der Waals surface area contributed by atoms with Gasteiger partial charge in [0, 0.05) is 43.7 Å². The fourth-order valence-electron chi connectivity index (χ4n) is 4.58. The number of aromatic nitrogens is 2. The molecule has 1 amide bonds. The van der Waals surface area contributed by atoms with Gasteiger partial charge < -0.3 is 15.6 Å². The Morgan fingerprint density at radius 2 is 1.85 bits per heavy atom. The molecule has 1 atom stereocenters. The van der Waals surface area contributed by atoms with E-state index in [9.17, 15) is 4.79 Å². The fourth-order valence-corrected chi connectivity index (χ4v) is 4.58. The first-order chi connectivity index (χ1) is 16.3. The quantitative estimate of drug-likeness (QED) is 0.623. The van der Waals surface area contributed by atoms with Crippen LogP contribution >= 0.6 is 0 Å². The Morgan fingerprint density at radius 1 is 1.15 bits per heavy atom. The summed E-state index contributed by atoms with van der Waals surface area (Å²) in [5.41, 5.74) is 6.44. The first-order valence-corrected chi connectivity index (χ1v) is 11.6. The number of rotatable bonds is 6. The van der Waals surface area contributed by atoms with Gasteiger partial charge in [-0.25, -0.2) is 0 Å². The molecule has 1 unspecified atom stereocenters. The summed E-state index contributed by atoms with van der Waals surface area (Å²) in [6.45, 7) is 8.19. The third-order valence-electron chi connectivity index (χ3n) is 6.81. The first kappa shape index (κ1) is 21.9. The summed E-state index contributed by atoms with van der Waals surface area (Å²) in [5.74, 6) is 0.766. The number of aryl methyl sites for hydroxylation is 2. The van der Waals surface area contributed by atoms with Crippen molar-refractivity contribution in [2.45, 2.75) is 32.7 Å². The number of benzene rings is 1. The van der Waals surface area contributed by atoms with Crippen LogP contribution in [0.5, 0.6) is 0 Å². The topological polar surface area (TPSA) is 77.3 Å². The van der Waals surface area contributed by atoms with Crippen LogP contribution < -0.4 is 5.32 Å². The molecule has 5 rings (SSSR count). The lowest BCUT2D eigenvalue weighted by atomic mass is 9.98. The minimum atomic E-state index is -0.396. The molecule has 2 N–H and O–H groups in total. The van der Waals surface area contributed by atoms with Crippen LogP contribution in [0.15, 0.2) is 83.6 Å². The van der Waals surface area contributed by atoms with E-state index >= 15 is 0 Å². The molecule has 1 aromatic heterocycles. The zero-order valence-electron chi connectivity index (χ0n) is 20.1. The number of likely N-dealkylation sites (N-methyl/N-ethyl adjacent to an activating group) is 1. The van der Waals surface area contributed by atoms with Gasteiger partial charge in [-0.3, -0.25) is 14.4 Å². The highest BCUT2D eigenvalue weighted by molar-refractivity contribution is 6.24. The Labute approximate surface area is 200 Å². The van der Waals surface area contributed by atoms with Crippen molar-refractivity contribution in [2.24, 2.45) is 13.0 Å². The van der Waals surface area contributed by atoms with Gasteiger partial charge in [-0.15, -0.1) is 0 Å². The molecule has 1 saturated carbocycles. The lowest BCUT2D eigenvalue weighted by Crippen LogP contribution is -2.33. The van der Waals surface area contributed by atoms with E-state index in [1.165, 1.54) is 0 Å². The summed E-state index contributed by atoms with van der Waals surface area (Å²) >= 11 is 0. The van der Waals surface area contributed by atoms with Gasteiger partial charge in [-0.05, 0) is 43.9 Å². The Morgan fingerprint density at radius 3 is 2.44 bits per heavy atom. The number of anilines is 1. The van der Waals surface area contributed by atoms with Gasteiger partial charge in [0.15, 0.2) is 0 Å². The van der Waals surface area contributed by atoms with Crippen LogP contribution in [0.4, 0.5) is 5.82 Å². The van der Waals surface area contributed by atoms with Gasteiger partial charge >= 0.3 is 0 Å². The molecule has 3 heterocycles. The molecule has 2 aliphatic heterocycles. The molecule has 7 nitrogen and oxygen atoms in total. The Kier molecular flexibility index (Phi) is 5.27. The summed E-state index contributed by atoms with van der Waals surface area (Å²) < 4.78 is 1.74. The lowest BCUT2D eigenvalue weighted by molar-refractivity contribution is -0.124. The normalized spacial score (nSPS) is 20.6. The SMILES string of the molecule is C=C1C(C)=CC(N2C(=O)C(C(=N)C3CC3)=C(Nc3ccnn3C)C2c2ccc(C)cc2)=CN1C. The highest BCUT2D eigenvalue weighted by atomic mass is 16.2. The van der Waals surface area contributed by atoms with E-state index in [1.807, 2.05) is 49.2 Å². The van der Waals surface area contributed by atoms with E-state index in [2.05, 4.69) is 48.2 Å². The van der Waals surface area contributed by atoms with Crippen molar-refractivity contribution >= 4 is 17.4 Å². The average molecular weight is 455 g/mol. The molecule has 1 aromatic carbocycles. The van der Waals surface area contributed by atoms with Crippen LogP contribution in [-0.2, 0) is 11.8 Å². The zero-order chi connectivity index (χ0) is 24.1. The van der Waals surface area contributed by atoms with Crippen LogP contribution in [0.1, 0.15) is 36.9 Å². The third-order valence-corrected chi connectivity index (χ3v) is 6.81. The number of amides is 1. The van der Waals surface area contributed by atoms with E-state index < -0.39 is 6.04 Å². The molecule has 0 radical (unpaired) electrons. The van der Waals surface area contributed by atoms with Crippen molar-refractivity contribution in [2.75, 3.05) is 12.4 Å². The average Bonchev–Trinajstić information content (AvgIpc) is 3.52. The summed E-state index contributed by atoms with van der Waals surface area (Å²) in [5, 5.41) is 16.7. The third kappa shape index (κ3) is 3.67. The number of nitrogens with one attached hydrogen (secondary N) is 2. The summed E-state index contributed by atoms with van der Waals surface area (Å²) in [7, 11) is 3.80. The van der Waals surface area contributed by atoms with Crippen molar-refractivity contribution in [3.05, 3.63) is 94.7 Å². The number of allylic oxidation sites excluding steroid dienone is 2. The second-order valence-corrected chi connectivity index (χ2v) is 9.37. The fraction of sp³-hybridized carbons (Fsp3) is 0.296. The van der Waals surface area contributed by atoms with Crippen LogP contribution in [0.3, 0.4) is 0 Å². The maximum atomic E-state index is 14.1. The Hall–Kier alpha value is -3.87. The van der Waals surface area contributed by atoms with E-state index in [-0.39, 0.29) is 11.8 Å².